The Hall–Kier alpha value is -2.56. The van der Waals surface area contributed by atoms with E-state index in [1.165, 1.54) is 6.42 Å². The number of benzene rings is 1. The molecule has 1 aromatic heterocycles. The molecule has 1 heterocycles. The lowest BCUT2D eigenvalue weighted by atomic mass is 9.94. The Kier molecular flexibility index (Phi) is 5.99. The van der Waals surface area contributed by atoms with Crippen molar-refractivity contribution in [3.8, 4) is 5.69 Å². The van der Waals surface area contributed by atoms with E-state index in [1.54, 1.807) is 4.90 Å². The van der Waals surface area contributed by atoms with Crippen molar-refractivity contribution in [2.24, 2.45) is 0 Å². The molecule has 0 saturated heterocycles. The third-order valence-corrected chi connectivity index (χ3v) is 5.51. The first-order chi connectivity index (χ1) is 13.0. The van der Waals surface area contributed by atoms with Crippen LogP contribution in [0.5, 0.6) is 0 Å². The normalized spacial score (nSPS) is 14.8. The lowest BCUT2D eigenvalue weighted by Gasteiger charge is -2.31. The molecule has 1 fully saturated rings. The van der Waals surface area contributed by atoms with Gasteiger partial charge in [-0.25, -0.2) is 4.79 Å². The number of rotatable bonds is 5. The minimum Gasteiger partial charge on any atom is -0.452 e. The summed E-state index contributed by atoms with van der Waals surface area (Å²) in [6, 6.07) is 12.0. The zero-order valence-electron chi connectivity index (χ0n) is 16.4. The number of ether oxygens (including phenoxy) is 1. The first-order valence-electron chi connectivity index (χ1n) is 9.66. The van der Waals surface area contributed by atoms with Crippen LogP contribution in [0.15, 0.2) is 36.4 Å². The molecule has 144 valence electrons. The van der Waals surface area contributed by atoms with Gasteiger partial charge in [0.1, 0.15) is 0 Å². The molecule has 1 aromatic carbocycles. The number of aromatic nitrogens is 1. The summed E-state index contributed by atoms with van der Waals surface area (Å²) in [7, 11) is 1.81. The van der Waals surface area contributed by atoms with Crippen molar-refractivity contribution in [1.29, 1.82) is 0 Å². The minimum absolute atomic E-state index is 0.132. The fourth-order valence-corrected chi connectivity index (χ4v) is 3.92. The predicted octanol–water partition coefficient (Wildman–Crippen LogP) is 4.04. The number of carbonyl (C=O) groups excluding carboxylic acids is 2. The van der Waals surface area contributed by atoms with Crippen LogP contribution >= 0.6 is 0 Å². The van der Waals surface area contributed by atoms with Crippen LogP contribution in [-0.2, 0) is 9.53 Å². The lowest BCUT2D eigenvalue weighted by Crippen LogP contribution is -2.40. The van der Waals surface area contributed by atoms with Crippen molar-refractivity contribution >= 4 is 11.9 Å². The van der Waals surface area contributed by atoms with Crippen molar-refractivity contribution < 1.29 is 14.3 Å². The molecule has 0 spiro atoms. The topological polar surface area (TPSA) is 51.5 Å². The van der Waals surface area contributed by atoms with Crippen molar-refractivity contribution in [1.82, 2.24) is 9.47 Å². The Balaban J connectivity index is 1.65. The molecule has 0 N–H and O–H groups in total. The molecule has 27 heavy (non-hydrogen) atoms. The van der Waals surface area contributed by atoms with Crippen LogP contribution in [0.25, 0.3) is 5.69 Å². The van der Waals surface area contributed by atoms with Gasteiger partial charge < -0.3 is 14.2 Å². The molecule has 1 saturated carbocycles. The second-order valence-electron chi connectivity index (χ2n) is 7.33. The maximum atomic E-state index is 12.6. The van der Waals surface area contributed by atoms with Crippen molar-refractivity contribution in [2.75, 3.05) is 13.7 Å². The van der Waals surface area contributed by atoms with Gasteiger partial charge in [0, 0.05) is 30.2 Å². The van der Waals surface area contributed by atoms with Crippen molar-refractivity contribution in [2.45, 2.75) is 52.0 Å². The lowest BCUT2D eigenvalue weighted by molar-refractivity contribution is -0.135. The van der Waals surface area contributed by atoms with Gasteiger partial charge in [-0.15, -0.1) is 0 Å². The third-order valence-electron chi connectivity index (χ3n) is 5.51. The standard InChI is InChI=1S/C22H28N2O3/c1-16-14-20(17(2)24(16)19-12-8-5-9-13-19)22(26)27-15-21(25)23(3)18-10-6-4-7-11-18/h5,8-9,12-14,18H,4,6-7,10-11,15H2,1-3H3. The maximum absolute atomic E-state index is 12.6. The number of aryl methyl sites for hydroxylation is 1. The van der Waals surface area contributed by atoms with Gasteiger partial charge in [0.2, 0.25) is 0 Å². The molecule has 1 aliphatic rings. The van der Waals surface area contributed by atoms with E-state index < -0.39 is 5.97 Å². The molecular formula is C22H28N2O3. The number of nitrogens with zero attached hydrogens (tertiary/aromatic N) is 2. The van der Waals surface area contributed by atoms with Gasteiger partial charge in [-0.05, 0) is 44.9 Å². The second kappa shape index (κ2) is 8.42. The number of amides is 1. The number of carbonyl (C=O) groups is 2. The van der Waals surface area contributed by atoms with Crippen LogP contribution in [0.1, 0.15) is 53.8 Å². The van der Waals surface area contributed by atoms with E-state index in [1.807, 2.05) is 61.9 Å². The number of likely N-dealkylation sites (N-methyl/N-ethyl adjacent to an activating group) is 1. The quantitative estimate of drug-likeness (QED) is 0.749. The van der Waals surface area contributed by atoms with Crippen LogP contribution in [-0.4, -0.2) is 41.0 Å². The zero-order valence-corrected chi connectivity index (χ0v) is 16.4. The Labute approximate surface area is 160 Å². The van der Waals surface area contributed by atoms with E-state index in [4.69, 9.17) is 4.74 Å². The number of hydrogen-bond acceptors (Lipinski definition) is 3. The van der Waals surface area contributed by atoms with E-state index in [9.17, 15) is 9.59 Å². The molecule has 3 rings (SSSR count). The van der Waals surface area contributed by atoms with Gasteiger partial charge in [0.25, 0.3) is 5.91 Å². The molecule has 1 aliphatic carbocycles. The first-order valence-corrected chi connectivity index (χ1v) is 9.66. The first kappa shape index (κ1) is 19.2. The number of para-hydroxylation sites is 1. The number of esters is 1. The van der Waals surface area contributed by atoms with Crippen LogP contribution in [0.2, 0.25) is 0 Å². The molecular weight excluding hydrogens is 340 g/mol. The summed E-state index contributed by atoms with van der Waals surface area (Å²) in [5, 5.41) is 0. The van der Waals surface area contributed by atoms with E-state index >= 15 is 0 Å². The smallest absolute Gasteiger partial charge is 0.340 e. The summed E-state index contributed by atoms with van der Waals surface area (Å²) >= 11 is 0. The summed E-state index contributed by atoms with van der Waals surface area (Å²) in [6.07, 6.45) is 5.63. The predicted molar refractivity (Wildman–Crippen MR) is 105 cm³/mol. The van der Waals surface area contributed by atoms with Crippen molar-refractivity contribution in [3.63, 3.8) is 0 Å². The zero-order chi connectivity index (χ0) is 19.4. The number of hydrogen-bond donors (Lipinski definition) is 0. The highest BCUT2D eigenvalue weighted by Gasteiger charge is 2.24. The summed E-state index contributed by atoms with van der Waals surface area (Å²) < 4.78 is 7.36. The molecule has 0 unspecified atom stereocenters. The summed E-state index contributed by atoms with van der Waals surface area (Å²) in [5.74, 6) is -0.581. The molecule has 5 heteroatoms. The fraction of sp³-hybridized carbons (Fsp3) is 0.455. The Morgan fingerprint density at radius 3 is 2.44 bits per heavy atom. The monoisotopic (exact) mass is 368 g/mol. The van der Waals surface area contributed by atoms with Crippen LogP contribution < -0.4 is 0 Å². The van der Waals surface area contributed by atoms with Gasteiger partial charge in [-0.1, -0.05) is 37.5 Å². The van der Waals surface area contributed by atoms with E-state index in [-0.39, 0.29) is 18.6 Å². The van der Waals surface area contributed by atoms with Crippen LogP contribution in [0.4, 0.5) is 0 Å². The van der Waals surface area contributed by atoms with Crippen LogP contribution in [0.3, 0.4) is 0 Å². The minimum atomic E-state index is -0.448. The molecule has 5 nitrogen and oxygen atoms in total. The SMILES string of the molecule is Cc1cc(C(=O)OCC(=O)N(C)C2CCCCC2)c(C)n1-c1ccccc1. The maximum Gasteiger partial charge on any atom is 0.340 e. The molecule has 1 amide bonds. The van der Waals surface area contributed by atoms with E-state index in [0.29, 0.717) is 5.56 Å². The van der Waals surface area contributed by atoms with Gasteiger partial charge in [0.15, 0.2) is 6.61 Å². The highest BCUT2D eigenvalue weighted by atomic mass is 16.5. The Bertz CT molecular complexity index is 804. The molecule has 0 radical (unpaired) electrons. The average Bonchev–Trinajstić information content (AvgIpc) is 3.00. The molecule has 0 bridgehead atoms. The highest BCUT2D eigenvalue weighted by Crippen LogP contribution is 2.23. The highest BCUT2D eigenvalue weighted by molar-refractivity contribution is 5.93. The van der Waals surface area contributed by atoms with E-state index in [2.05, 4.69) is 0 Å². The third kappa shape index (κ3) is 4.24. The van der Waals surface area contributed by atoms with Crippen molar-refractivity contribution in [3.05, 3.63) is 53.3 Å². The largest absolute Gasteiger partial charge is 0.452 e. The second-order valence-corrected chi connectivity index (χ2v) is 7.33. The van der Waals surface area contributed by atoms with Crippen LogP contribution in [0, 0.1) is 13.8 Å². The fourth-order valence-electron chi connectivity index (χ4n) is 3.92. The van der Waals surface area contributed by atoms with Gasteiger partial charge in [0.05, 0.1) is 5.56 Å². The summed E-state index contributed by atoms with van der Waals surface area (Å²) in [6.45, 7) is 3.65. The van der Waals surface area contributed by atoms with Gasteiger partial charge >= 0.3 is 5.97 Å². The summed E-state index contributed by atoms with van der Waals surface area (Å²) in [4.78, 5) is 26.7. The molecule has 0 aliphatic heterocycles. The average molecular weight is 368 g/mol. The van der Waals surface area contributed by atoms with E-state index in [0.717, 1.165) is 42.8 Å². The Morgan fingerprint density at radius 1 is 1.11 bits per heavy atom. The molecule has 2 aromatic rings. The molecule has 0 atom stereocenters. The van der Waals surface area contributed by atoms with Gasteiger partial charge in [-0.2, -0.15) is 0 Å². The Morgan fingerprint density at radius 2 is 1.78 bits per heavy atom. The van der Waals surface area contributed by atoms with Gasteiger partial charge in [-0.3, -0.25) is 4.79 Å². The summed E-state index contributed by atoms with van der Waals surface area (Å²) in [5.41, 5.74) is 3.28.